The van der Waals surface area contributed by atoms with Crippen LogP contribution in [0.15, 0.2) is 54.9 Å². The molecule has 27 heavy (non-hydrogen) atoms. The minimum Gasteiger partial charge on any atom is -0.324 e. The lowest BCUT2D eigenvalue weighted by Crippen LogP contribution is -2.13. The summed E-state index contributed by atoms with van der Waals surface area (Å²) in [6.45, 7) is 4.23. The Bertz CT molecular complexity index is 902. The van der Waals surface area contributed by atoms with Crippen LogP contribution in [0.25, 0.3) is 0 Å². The van der Waals surface area contributed by atoms with Gasteiger partial charge in [0.2, 0.25) is 5.95 Å². The minimum atomic E-state index is -0.271. The van der Waals surface area contributed by atoms with Crippen molar-refractivity contribution in [2.45, 2.75) is 26.7 Å². The SMILES string of the molecule is CCc1cccc(CC)c1Nc1ncc(C(=O)Nc2ccc(Cl)cc2)cn1. The second-order valence-corrected chi connectivity index (χ2v) is 6.48. The first-order chi connectivity index (χ1) is 13.1. The van der Waals surface area contributed by atoms with E-state index in [0.717, 1.165) is 18.5 Å². The van der Waals surface area contributed by atoms with E-state index in [0.29, 0.717) is 22.2 Å². The van der Waals surface area contributed by atoms with Crippen molar-refractivity contribution < 1.29 is 4.79 Å². The summed E-state index contributed by atoms with van der Waals surface area (Å²) in [5.41, 5.74) is 4.51. The molecule has 0 radical (unpaired) electrons. The Morgan fingerprint density at radius 3 is 2.11 bits per heavy atom. The third-order valence-corrected chi connectivity index (χ3v) is 4.50. The zero-order valence-electron chi connectivity index (χ0n) is 15.3. The first-order valence-electron chi connectivity index (χ1n) is 8.87. The van der Waals surface area contributed by atoms with Gasteiger partial charge in [-0.25, -0.2) is 9.97 Å². The van der Waals surface area contributed by atoms with Gasteiger partial charge < -0.3 is 10.6 Å². The Balaban J connectivity index is 1.74. The Morgan fingerprint density at radius 2 is 1.56 bits per heavy atom. The molecule has 1 amide bonds. The highest BCUT2D eigenvalue weighted by Crippen LogP contribution is 2.25. The van der Waals surface area contributed by atoms with Crippen molar-refractivity contribution in [2.24, 2.45) is 0 Å². The molecule has 0 bridgehead atoms. The zero-order valence-corrected chi connectivity index (χ0v) is 16.0. The molecule has 0 aliphatic heterocycles. The number of nitrogens with zero attached hydrogens (tertiary/aromatic N) is 2. The summed E-state index contributed by atoms with van der Waals surface area (Å²) in [7, 11) is 0. The quantitative estimate of drug-likeness (QED) is 0.612. The number of hydrogen-bond acceptors (Lipinski definition) is 4. The predicted molar refractivity (Wildman–Crippen MR) is 110 cm³/mol. The van der Waals surface area contributed by atoms with Crippen LogP contribution in [0.1, 0.15) is 35.3 Å². The number of rotatable bonds is 6. The van der Waals surface area contributed by atoms with Crippen molar-refractivity contribution in [1.29, 1.82) is 0 Å². The molecule has 0 fully saturated rings. The van der Waals surface area contributed by atoms with Crippen LogP contribution in [0, 0.1) is 0 Å². The van der Waals surface area contributed by atoms with Crippen LogP contribution in [0.3, 0.4) is 0 Å². The number of carbonyl (C=O) groups is 1. The third-order valence-electron chi connectivity index (χ3n) is 4.25. The molecular formula is C21H21ClN4O. The maximum absolute atomic E-state index is 12.3. The summed E-state index contributed by atoms with van der Waals surface area (Å²) in [5, 5.41) is 6.71. The maximum atomic E-state index is 12.3. The van der Waals surface area contributed by atoms with E-state index >= 15 is 0 Å². The molecular weight excluding hydrogens is 360 g/mol. The van der Waals surface area contributed by atoms with Crippen LogP contribution >= 0.6 is 11.6 Å². The maximum Gasteiger partial charge on any atom is 0.258 e. The van der Waals surface area contributed by atoms with E-state index in [4.69, 9.17) is 11.6 Å². The van der Waals surface area contributed by atoms with E-state index in [1.54, 1.807) is 24.3 Å². The van der Waals surface area contributed by atoms with Crippen LogP contribution < -0.4 is 10.6 Å². The molecule has 2 aromatic carbocycles. The van der Waals surface area contributed by atoms with E-state index in [9.17, 15) is 4.79 Å². The first-order valence-corrected chi connectivity index (χ1v) is 9.25. The number of aryl methyl sites for hydroxylation is 2. The molecule has 1 aromatic heterocycles. The van der Waals surface area contributed by atoms with Crippen LogP contribution in [0.5, 0.6) is 0 Å². The van der Waals surface area contributed by atoms with Gasteiger partial charge in [0.25, 0.3) is 5.91 Å². The second-order valence-electron chi connectivity index (χ2n) is 6.04. The van der Waals surface area contributed by atoms with E-state index in [1.165, 1.54) is 23.5 Å². The van der Waals surface area contributed by atoms with Crippen molar-refractivity contribution in [1.82, 2.24) is 9.97 Å². The second kappa shape index (κ2) is 8.64. The smallest absolute Gasteiger partial charge is 0.258 e. The van der Waals surface area contributed by atoms with Gasteiger partial charge in [-0.1, -0.05) is 43.6 Å². The minimum absolute atomic E-state index is 0.271. The number of anilines is 3. The molecule has 0 atom stereocenters. The monoisotopic (exact) mass is 380 g/mol. The van der Waals surface area contributed by atoms with Crippen molar-refractivity contribution in [3.63, 3.8) is 0 Å². The first kappa shape index (κ1) is 18.9. The topological polar surface area (TPSA) is 66.9 Å². The van der Waals surface area contributed by atoms with Gasteiger partial charge in [-0.3, -0.25) is 4.79 Å². The summed E-state index contributed by atoms with van der Waals surface area (Å²) >= 11 is 5.85. The number of hydrogen-bond donors (Lipinski definition) is 2. The van der Waals surface area contributed by atoms with Crippen LogP contribution in [-0.4, -0.2) is 15.9 Å². The summed E-state index contributed by atoms with van der Waals surface area (Å²) in [6.07, 6.45) is 4.86. The van der Waals surface area contributed by atoms with Gasteiger partial charge in [0, 0.05) is 28.8 Å². The highest BCUT2D eigenvalue weighted by atomic mass is 35.5. The van der Waals surface area contributed by atoms with Crippen LogP contribution in [0.4, 0.5) is 17.3 Å². The molecule has 0 unspecified atom stereocenters. The average Bonchev–Trinajstić information content (AvgIpc) is 2.70. The molecule has 0 aliphatic rings. The number of nitrogens with one attached hydrogen (secondary N) is 2. The third kappa shape index (κ3) is 4.63. The molecule has 0 aliphatic carbocycles. The fraction of sp³-hybridized carbons (Fsp3) is 0.190. The Labute approximate surface area is 163 Å². The van der Waals surface area contributed by atoms with E-state index in [1.807, 2.05) is 0 Å². The van der Waals surface area contributed by atoms with Crippen molar-refractivity contribution in [3.8, 4) is 0 Å². The number of carbonyl (C=O) groups excluding carboxylic acids is 1. The standard InChI is InChI=1S/C21H21ClN4O/c1-3-14-6-5-7-15(4-2)19(14)26-21-23-12-16(13-24-21)20(27)25-18-10-8-17(22)9-11-18/h5-13H,3-4H2,1-2H3,(H,25,27)(H,23,24,26). The lowest BCUT2D eigenvalue weighted by atomic mass is 10.0. The Morgan fingerprint density at radius 1 is 0.963 bits per heavy atom. The summed E-state index contributed by atoms with van der Waals surface area (Å²) < 4.78 is 0. The van der Waals surface area contributed by atoms with Gasteiger partial charge in [-0.05, 0) is 48.2 Å². The normalized spacial score (nSPS) is 10.5. The fourth-order valence-corrected chi connectivity index (χ4v) is 2.89. The van der Waals surface area contributed by atoms with Crippen LogP contribution in [-0.2, 0) is 12.8 Å². The van der Waals surface area contributed by atoms with Crippen molar-refractivity contribution >= 4 is 34.8 Å². The Hall–Kier alpha value is -2.92. The van der Waals surface area contributed by atoms with Gasteiger partial charge >= 0.3 is 0 Å². The number of halogens is 1. The molecule has 0 saturated carbocycles. The molecule has 3 aromatic rings. The highest BCUT2D eigenvalue weighted by Gasteiger charge is 2.10. The van der Waals surface area contributed by atoms with Gasteiger partial charge in [-0.2, -0.15) is 0 Å². The summed E-state index contributed by atoms with van der Waals surface area (Å²) in [5.74, 6) is 0.195. The summed E-state index contributed by atoms with van der Waals surface area (Å²) in [4.78, 5) is 20.9. The van der Waals surface area contributed by atoms with Gasteiger partial charge in [0.1, 0.15) is 0 Å². The molecule has 6 heteroatoms. The fourth-order valence-electron chi connectivity index (χ4n) is 2.76. The van der Waals surface area contributed by atoms with Gasteiger partial charge in [0.15, 0.2) is 0 Å². The molecule has 0 spiro atoms. The van der Waals surface area contributed by atoms with Crippen LogP contribution in [0.2, 0.25) is 5.02 Å². The molecule has 0 saturated heterocycles. The average molecular weight is 381 g/mol. The van der Waals surface area contributed by atoms with E-state index in [2.05, 4.69) is 52.6 Å². The molecule has 2 N–H and O–H groups in total. The van der Waals surface area contributed by atoms with Crippen molar-refractivity contribution in [2.75, 3.05) is 10.6 Å². The van der Waals surface area contributed by atoms with Crippen molar-refractivity contribution in [3.05, 3.63) is 76.6 Å². The summed E-state index contributed by atoms with van der Waals surface area (Å²) in [6, 6.07) is 13.2. The van der Waals surface area contributed by atoms with E-state index < -0.39 is 0 Å². The number of para-hydroxylation sites is 1. The zero-order chi connectivity index (χ0) is 19.2. The molecule has 138 valence electrons. The molecule has 3 rings (SSSR count). The van der Waals surface area contributed by atoms with Gasteiger partial charge in [0.05, 0.1) is 5.56 Å². The van der Waals surface area contributed by atoms with E-state index in [-0.39, 0.29) is 5.91 Å². The molecule has 1 heterocycles. The predicted octanol–water partition coefficient (Wildman–Crippen LogP) is 5.25. The number of aromatic nitrogens is 2. The van der Waals surface area contributed by atoms with Gasteiger partial charge in [-0.15, -0.1) is 0 Å². The lowest BCUT2D eigenvalue weighted by molar-refractivity contribution is 0.102. The molecule has 5 nitrogen and oxygen atoms in total. The highest BCUT2D eigenvalue weighted by molar-refractivity contribution is 6.30. The number of amides is 1. The largest absolute Gasteiger partial charge is 0.324 e. The Kier molecular flexibility index (Phi) is 6.04. The lowest BCUT2D eigenvalue weighted by Gasteiger charge is -2.14. The number of benzene rings is 2.